The molecule has 1 aliphatic rings. The van der Waals surface area contributed by atoms with Gasteiger partial charge in [0.05, 0.1) is 16.9 Å². The van der Waals surface area contributed by atoms with E-state index in [4.69, 9.17) is 10.7 Å². The van der Waals surface area contributed by atoms with Crippen molar-refractivity contribution in [3.63, 3.8) is 0 Å². The minimum absolute atomic E-state index is 0.00281. The number of nitrogens with zero attached hydrogens (tertiary/aromatic N) is 1. The lowest BCUT2D eigenvalue weighted by Gasteiger charge is -2.47. The highest BCUT2D eigenvalue weighted by atomic mass is 35.7. The first-order valence-electron chi connectivity index (χ1n) is 5.55. The predicted octanol–water partition coefficient (Wildman–Crippen LogP) is 1.02. The van der Waals surface area contributed by atoms with Crippen LogP contribution in [0.4, 0.5) is 0 Å². The second-order valence-electron chi connectivity index (χ2n) is 4.85. The molecule has 1 fully saturated rings. The van der Waals surface area contributed by atoms with Gasteiger partial charge in [0.25, 0.3) is 0 Å². The highest BCUT2D eigenvalue weighted by Gasteiger charge is 2.54. The van der Waals surface area contributed by atoms with E-state index < -0.39 is 30.5 Å². The molecule has 1 atom stereocenters. The number of sulfone groups is 1. The largest absolute Gasteiger partial charge is 0.324 e. The Labute approximate surface area is 121 Å². The molecular formula is C11H12ClNO5S2. The Hall–Kier alpha value is -1.12. The second kappa shape index (κ2) is 4.44. The summed E-state index contributed by atoms with van der Waals surface area (Å²) in [6.45, 7) is 1.56. The van der Waals surface area contributed by atoms with Crippen molar-refractivity contribution in [2.75, 3.05) is 6.26 Å². The zero-order chi connectivity index (χ0) is 15.3. The van der Waals surface area contributed by atoms with Crippen LogP contribution in [-0.2, 0) is 29.4 Å². The van der Waals surface area contributed by atoms with Gasteiger partial charge < -0.3 is 0 Å². The van der Waals surface area contributed by atoms with Crippen LogP contribution in [0.1, 0.15) is 18.9 Å². The minimum atomic E-state index is -4.17. The standard InChI is InChI=1S/C11H12ClNO5S2/c1-11(7-10(14)13(11)20(12,17)18)8-3-5-9(6-4-8)19(2,15)16/h3-6H,7H2,1-2H3. The molecule has 110 valence electrons. The van der Waals surface area contributed by atoms with Crippen LogP contribution in [0, 0.1) is 0 Å². The molecule has 0 N–H and O–H groups in total. The van der Waals surface area contributed by atoms with Gasteiger partial charge >= 0.3 is 9.24 Å². The molecule has 0 spiro atoms. The Morgan fingerprint density at radius 1 is 1.15 bits per heavy atom. The summed E-state index contributed by atoms with van der Waals surface area (Å²) in [7, 11) is -2.25. The van der Waals surface area contributed by atoms with Gasteiger partial charge in [-0.25, -0.2) is 12.7 Å². The highest BCUT2D eigenvalue weighted by molar-refractivity contribution is 8.12. The first-order valence-corrected chi connectivity index (χ1v) is 9.70. The number of β-lactam (4-membered cyclic amide) rings is 1. The molecule has 1 saturated heterocycles. The summed E-state index contributed by atoms with van der Waals surface area (Å²) in [5.41, 5.74) is -0.568. The van der Waals surface area contributed by atoms with Gasteiger partial charge in [-0.1, -0.05) is 12.1 Å². The zero-order valence-corrected chi connectivity index (χ0v) is 13.1. The monoisotopic (exact) mass is 337 g/mol. The molecule has 0 radical (unpaired) electrons. The van der Waals surface area contributed by atoms with Crippen LogP contribution < -0.4 is 0 Å². The van der Waals surface area contributed by atoms with Gasteiger partial charge in [-0.15, -0.1) is 0 Å². The lowest BCUT2D eigenvalue weighted by molar-refractivity contribution is -0.144. The summed E-state index contributed by atoms with van der Waals surface area (Å²) >= 11 is 0. The van der Waals surface area contributed by atoms with Crippen molar-refractivity contribution in [2.24, 2.45) is 0 Å². The molecule has 0 aromatic heterocycles. The molecule has 1 aliphatic heterocycles. The molecule has 1 heterocycles. The van der Waals surface area contributed by atoms with Crippen LogP contribution in [0.3, 0.4) is 0 Å². The SMILES string of the molecule is CC1(c2ccc(S(C)(=O)=O)cc2)CC(=O)N1S(=O)(=O)Cl. The quantitative estimate of drug-likeness (QED) is 0.607. The van der Waals surface area contributed by atoms with Crippen LogP contribution >= 0.6 is 10.7 Å². The lowest BCUT2D eigenvalue weighted by Crippen LogP contribution is -2.60. The molecule has 1 aromatic carbocycles. The zero-order valence-electron chi connectivity index (χ0n) is 10.7. The molecule has 0 aliphatic carbocycles. The van der Waals surface area contributed by atoms with Gasteiger partial charge in [0, 0.05) is 16.9 Å². The summed E-state index contributed by atoms with van der Waals surface area (Å²) in [5.74, 6) is -0.588. The first-order chi connectivity index (χ1) is 8.96. The van der Waals surface area contributed by atoms with E-state index in [1.54, 1.807) is 6.92 Å². The van der Waals surface area contributed by atoms with Gasteiger partial charge in [0.2, 0.25) is 5.91 Å². The molecule has 2 rings (SSSR count). The smallest absolute Gasteiger partial charge is 0.274 e. The molecule has 20 heavy (non-hydrogen) atoms. The van der Waals surface area contributed by atoms with E-state index in [0.29, 0.717) is 9.87 Å². The number of carbonyl (C=O) groups excluding carboxylic acids is 1. The van der Waals surface area contributed by atoms with Crippen molar-refractivity contribution >= 4 is 35.7 Å². The fraction of sp³-hybridized carbons (Fsp3) is 0.364. The third-order valence-electron chi connectivity index (χ3n) is 3.29. The summed E-state index contributed by atoms with van der Waals surface area (Å²) < 4.78 is 46.2. The fourth-order valence-electron chi connectivity index (χ4n) is 2.26. The second-order valence-corrected chi connectivity index (χ2v) is 9.22. The van der Waals surface area contributed by atoms with Gasteiger partial charge in [-0.2, -0.15) is 8.42 Å². The normalized spacial score (nSPS) is 23.6. The van der Waals surface area contributed by atoms with Gasteiger partial charge in [-0.05, 0) is 24.6 Å². The molecule has 0 saturated carbocycles. The third kappa shape index (κ3) is 2.43. The Balaban J connectivity index is 2.45. The summed E-state index contributed by atoms with van der Waals surface area (Å²) in [4.78, 5) is 11.6. The molecule has 1 unspecified atom stereocenters. The van der Waals surface area contributed by atoms with Crippen molar-refractivity contribution in [1.82, 2.24) is 4.31 Å². The number of hydrogen-bond donors (Lipinski definition) is 0. The maximum Gasteiger partial charge on any atom is 0.324 e. The number of halogens is 1. The Morgan fingerprint density at radius 3 is 2.00 bits per heavy atom. The van der Waals surface area contributed by atoms with E-state index in [2.05, 4.69) is 0 Å². The average Bonchev–Trinajstić information content (AvgIpc) is 2.24. The van der Waals surface area contributed by atoms with E-state index in [0.717, 1.165) is 6.26 Å². The Kier molecular flexibility index (Phi) is 3.39. The maximum absolute atomic E-state index is 11.5. The van der Waals surface area contributed by atoms with Crippen molar-refractivity contribution in [1.29, 1.82) is 0 Å². The van der Waals surface area contributed by atoms with E-state index >= 15 is 0 Å². The molecule has 1 aromatic rings. The molecule has 1 amide bonds. The van der Waals surface area contributed by atoms with Crippen molar-refractivity contribution in [3.05, 3.63) is 29.8 Å². The van der Waals surface area contributed by atoms with E-state index in [1.807, 2.05) is 0 Å². The topological polar surface area (TPSA) is 88.6 Å². The average molecular weight is 338 g/mol. The van der Waals surface area contributed by atoms with Crippen molar-refractivity contribution < 1.29 is 21.6 Å². The predicted molar refractivity (Wildman–Crippen MR) is 73.1 cm³/mol. The summed E-state index contributed by atoms with van der Waals surface area (Å²) in [5, 5.41) is 0. The van der Waals surface area contributed by atoms with Gasteiger partial charge in [0.1, 0.15) is 0 Å². The molecule has 9 heteroatoms. The van der Waals surface area contributed by atoms with Crippen molar-refractivity contribution in [2.45, 2.75) is 23.8 Å². The summed E-state index contributed by atoms with van der Waals surface area (Å²) in [6, 6.07) is 5.71. The number of amides is 1. The summed E-state index contributed by atoms with van der Waals surface area (Å²) in [6.07, 6.45) is 1.07. The van der Waals surface area contributed by atoms with Crippen LogP contribution in [0.5, 0.6) is 0 Å². The van der Waals surface area contributed by atoms with Crippen LogP contribution in [0.25, 0.3) is 0 Å². The van der Waals surface area contributed by atoms with Crippen LogP contribution in [0.15, 0.2) is 29.2 Å². The Morgan fingerprint density at radius 2 is 1.65 bits per heavy atom. The van der Waals surface area contributed by atoms with Crippen LogP contribution in [-0.4, -0.2) is 33.3 Å². The highest BCUT2D eigenvalue weighted by Crippen LogP contribution is 2.44. The number of carbonyl (C=O) groups is 1. The van der Waals surface area contributed by atoms with Crippen LogP contribution in [0.2, 0.25) is 0 Å². The number of hydrogen-bond acceptors (Lipinski definition) is 5. The maximum atomic E-state index is 11.5. The number of benzene rings is 1. The van der Waals surface area contributed by atoms with E-state index in [1.165, 1.54) is 24.3 Å². The molecular weight excluding hydrogens is 326 g/mol. The lowest BCUT2D eigenvalue weighted by atomic mass is 9.82. The Bertz CT molecular complexity index is 770. The van der Waals surface area contributed by atoms with Gasteiger partial charge in [-0.3, -0.25) is 4.79 Å². The minimum Gasteiger partial charge on any atom is -0.274 e. The third-order valence-corrected chi connectivity index (χ3v) is 5.88. The molecule has 0 bridgehead atoms. The van der Waals surface area contributed by atoms with E-state index in [-0.39, 0.29) is 11.3 Å². The molecule has 6 nitrogen and oxygen atoms in total. The number of rotatable bonds is 3. The van der Waals surface area contributed by atoms with E-state index in [9.17, 15) is 21.6 Å². The first kappa shape index (κ1) is 15.3. The fourth-order valence-corrected chi connectivity index (χ4v) is 4.54. The van der Waals surface area contributed by atoms with Crippen molar-refractivity contribution in [3.8, 4) is 0 Å². The van der Waals surface area contributed by atoms with Gasteiger partial charge in [0.15, 0.2) is 9.84 Å².